The number of hydrogen-bond acceptors (Lipinski definition) is 2. The van der Waals surface area contributed by atoms with Crippen LogP contribution in [0.4, 0.5) is 5.82 Å². The van der Waals surface area contributed by atoms with E-state index in [1.54, 1.807) is 0 Å². The number of aromatic amines is 1. The van der Waals surface area contributed by atoms with Crippen molar-refractivity contribution in [1.82, 2.24) is 10.2 Å². The third-order valence-electron chi connectivity index (χ3n) is 1.83. The minimum absolute atomic E-state index is 0.107. The Morgan fingerprint density at radius 1 is 1.62 bits per heavy atom. The molecule has 1 rings (SSSR count). The topological polar surface area (TPSA) is 57.8 Å². The van der Waals surface area contributed by atoms with Crippen LogP contribution in [0.3, 0.4) is 0 Å². The molecule has 0 unspecified atom stereocenters. The molecule has 0 saturated carbocycles. The van der Waals surface area contributed by atoms with Gasteiger partial charge in [-0.1, -0.05) is 0 Å². The van der Waals surface area contributed by atoms with E-state index in [1.807, 2.05) is 13.8 Å². The molecular formula is C8H12ClN3O. The molecule has 1 amide bonds. The molecule has 4 nitrogen and oxygen atoms in total. The second-order valence-corrected chi connectivity index (χ2v) is 3.19. The average Bonchev–Trinajstić information content (AvgIpc) is 2.37. The van der Waals surface area contributed by atoms with Gasteiger partial charge in [0.1, 0.15) is 0 Å². The molecule has 0 aliphatic heterocycles. The van der Waals surface area contributed by atoms with E-state index < -0.39 is 0 Å². The van der Waals surface area contributed by atoms with Gasteiger partial charge in [-0.15, -0.1) is 11.6 Å². The molecule has 0 spiro atoms. The Kier molecular flexibility index (Phi) is 3.31. The number of carbonyl (C=O) groups excluding carboxylic acids is 1. The molecule has 0 aliphatic carbocycles. The summed E-state index contributed by atoms with van der Waals surface area (Å²) in [6.45, 7) is 3.80. The smallest absolute Gasteiger partial charge is 0.226 e. The lowest BCUT2D eigenvalue weighted by Gasteiger charge is -2.00. The van der Waals surface area contributed by atoms with Gasteiger partial charge in [-0.3, -0.25) is 9.89 Å². The van der Waals surface area contributed by atoms with Gasteiger partial charge in [0.15, 0.2) is 5.82 Å². The van der Waals surface area contributed by atoms with Gasteiger partial charge in [0.05, 0.1) is 0 Å². The predicted molar refractivity (Wildman–Crippen MR) is 52.0 cm³/mol. The van der Waals surface area contributed by atoms with Crippen LogP contribution in [0.5, 0.6) is 0 Å². The number of aryl methyl sites for hydroxylation is 1. The minimum Gasteiger partial charge on any atom is -0.309 e. The largest absolute Gasteiger partial charge is 0.309 e. The minimum atomic E-state index is -0.107. The van der Waals surface area contributed by atoms with Crippen molar-refractivity contribution in [2.75, 3.05) is 11.2 Å². The van der Waals surface area contributed by atoms with Crippen molar-refractivity contribution in [2.45, 2.75) is 20.3 Å². The summed E-state index contributed by atoms with van der Waals surface area (Å²) in [4.78, 5) is 11.1. The van der Waals surface area contributed by atoms with Crippen LogP contribution in [-0.4, -0.2) is 22.0 Å². The van der Waals surface area contributed by atoms with Crippen molar-refractivity contribution >= 4 is 23.3 Å². The lowest BCUT2D eigenvalue weighted by atomic mass is 10.3. The summed E-state index contributed by atoms with van der Waals surface area (Å²) >= 11 is 5.42. The molecule has 0 atom stereocenters. The molecule has 1 heterocycles. The number of amides is 1. The zero-order valence-corrected chi connectivity index (χ0v) is 8.40. The van der Waals surface area contributed by atoms with E-state index in [2.05, 4.69) is 15.5 Å². The molecule has 0 fully saturated rings. The Morgan fingerprint density at radius 2 is 2.31 bits per heavy atom. The fourth-order valence-corrected chi connectivity index (χ4v) is 1.06. The van der Waals surface area contributed by atoms with E-state index in [4.69, 9.17) is 11.6 Å². The molecule has 2 N–H and O–H groups in total. The van der Waals surface area contributed by atoms with Crippen LogP contribution in [0.15, 0.2) is 0 Å². The highest BCUT2D eigenvalue weighted by Gasteiger charge is 2.08. The van der Waals surface area contributed by atoms with Crippen molar-refractivity contribution in [3.63, 3.8) is 0 Å². The fraction of sp³-hybridized carbons (Fsp3) is 0.500. The summed E-state index contributed by atoms with van der Waals surface area (Å²) in [5.41, 5.74) is 1.92. The molecule has 0 aliphatic rings. The zero-order chi connectivity index (χ0) is 9.84. The van der Waals surface area contributed by atoms with Crippen molar-refractivity contribution in [3.05, 3.63) is 11.3 Å². The Bertz CT molecular complexity index is 308. The quantitative estimate of drug-likeness (QED) is 0.730. The van der Waals surface area contributed by atoms with Crippen LogP contribution >= 0.6 is 11.6 Å². The van der Waals surface area contributed by atoms with Crippen LogP contribution in [-0.2, 0) is 4.79 Å². The maximum atomic E-state index is 11.1. The third-order valence-corrected chi connectivity index (χ3v) is 2.02. The van der Waals surface area contributed by atoms with Crippen molar-refractivity contribution in [1.29, 1.82) is 0 Å². The number of carbonyl (C=O) groups is 1. The second-order valence-electron chi connectivity index (χ2n) is 2.81. The van der Waals surface area contributed by atoms with Crippen LogP contribution < -0.4 is 5.32 Å². The first-order valence-electron chi connectivity index (χ1n) is 4.02. The Labute approximate surface area is 81.7 Å². The Balaban J connectivity index is 2.64. The van der Waals surface area contributed by atoms with Crippen molar-refractivity contribution < 1.29 is 4.79 Å². The third kappa shape index (κ3) is 2.45. The van der Waals surface area contributed by atoms with E-state index in [-0.39, 0.29) is 5.91 Å². The first-order chi connectivity index (χ1) is 6.15. The SMILES string of the molecule is Cc1[nH]nc(NC(=O)CCCl)c1C. The first-order valence-corrected chi connectivity index (χ1v) is 4.56. The molecule has 5 heteroatoms. The van der Waals surface area contributed by atoms with E-state index in [0.717, 1.165) is 11.3 Å². The highest BCUT2D eigenvalue weighted by molar-refractivity contribution is 6.19. The summed E-state index contributed by atoms with van der Waals surface area (Å²) < 4.78 is 0. The fourth-order valence-electron chi connectivity index (χ4n) is 0.887. The van der Waals surface area contributed by atoms with Gasteiger partial charge in [0, 0.05) is 23.6 Å². The molecule has 0 bridgehead atoms. The first kappa shape index (κ1) is 10.1. The monoisotopic (exact) mass is 201 g/mol. The maximum Gasteiger partial charge on any atom is 0.226 e. The maximum absolute atomic E-state index is 11.1. The van der Waals surface area contributed by atoms with Gasteiger partial charge in [0.25, 0.3) is 0 Å². The van der Waals surface area contributed by atoms with Crippen LogP contribution in [0.2, 0.25) is 0 Å². The van der Waals surface area contributed by atoms with Crippen LogP contribution in [0.1, 0.15) is 17.7 Å². The number of rotatable bonds is 3. The highest BCUT2D eigenvalue weighted by Crippen LogP contribution is 2.13. The van der Waals surface area contributed by atoms with Gasteiger partial charge < -0.3 is 5.32 Å². The predicted octanol–water partition coefficient (Wildman–Crippen LogP) is 1.59. The molecular weight excluding hydrogens is 190 g/mol. The molecule has 1 aromatic rings. The van der Waals surface area contributed by atoms with Crippen molar-refractivity contribution in [3.8, 4) is 0 Å². The number of nitrogens with zero attached hydrogens (tertiary/aromatic N) is 1. The van der Waals surface area contributed by atoms with Gasteiger partial charge in [-0.2, -0.15) is 5.10 Å². The number of aromatic nitrogens is 2. The van der Waals surface area contributed by atoms with E-state index >= 15 is 0 Å². The summed E-state index contributed by atoms with van der Waals surface area (Å²) in [7, 11) is 0. The summed E-state index contributed by atoms with van der Waals surface area (Å²) in [5, 5.41) is 9.39. The number of halogens is 1. The second kappa shape index (κ2) is 4.28. The number of hydrogen-bond donors (Lipinski definition) is 2. The number of alkyl halides is 1. The molecule has 13 heavy (non-hydrogen) atoms. The lowest BCUT2D eigenvalue weighted by molar-refractivity contribution is -0.115. The van der Waals surface area contributed by atoms with E-state index in [0.29, 0.717) is 18.1 Å². The van der Waals surface area contributed by atoms with Gasteiger partial charge in [-0.25, -0.2) is 0 Å². The van der Waals surface area contributed by atoms with Gasteiger partial charge in [-0.05, 0) is 13.8 Å². The summed E-state index contributed by atoms with van der Waals surface area (Å²) in [6, 6.07) is 0. The van der Waals surface area contributed by atoms with E-state index in [1.165, 1.54) is 0 Å². The van der Waals surface area contributed by atoms with Crippen LogP contribution in [0, 0.1) is 13.8 Å². The number of H-pyrrole nitrogens is 1. The zero-order valence-electron chi connectivity index (χ0n) is 7.65. The molecule has 72 valence electrons. The Morgan fingerprint density at radius 3 is 2.77 bits per heavy atom. The molecule has 0 saturated heterocycles. The molecule has 1 aromatic heterocycles. The Hall–Kier alpha value is -1.03. The number of nitrogens with one attached hydrogen (secondary N) is 2. The van der Waals surface area contributed by atoms with Crippen molar-refractivity contribution in [2.24, 2.45) is 0 Å². The van der Waals surface area contributed by atoms with Crippen LogP contribution in [0.25, 0.3) is 0 Å². The highest BCUT2D eigenvalue weighted by atomic mass is 35.5. The average molecular weight is 202 g/mol. The molecule has 0 radical (unpaired) electrons. The van der Waals surface area contributed by atoms with Gasteiger partial charge >= 0.3 is 0 Å². The van der Waals surface area contributed by atoms with Gasteiger partial charge in [0.2, 0.25) is 5.91 Å². The summed E-state index contributed by atoms with van der Waals surface area (Å²) in [5.74, 6) is 0.811. The summed E-state index contributed by atoms with van der Waals surface area (Å²) in [6.07, 6.45) is 0.312. The standard InChI is InChI=1S/C8H12ClN3O/c1-5-6(2)11-12-8(5)10-7(13)3-4-9/h3-4H2,1-2H3,(H2,10,11,12,13). The molecule has 0 aromatic carbocycles. The van der Waals surface area contributed by atoms with E-state index in [9.17, 15) is 4.79 Å². The number of anilines is 1. The normalized spacial score (nSPS) is 10.1. The lowest BCUT2D eigenvalue weighted by Crippen LogP contribution is -2.12.